The lowest BCUT2D eigenvalue weighted by atomic mass is 10.1. The van der Waals surface area contributed by atoms with Gasteiger partial charge in [0.2, 0.25) is 0 Å². The summed E-state index contributed by atoms with van der Waals surface area (Å²) in [6, 6.07) is 5.80. The molecule has 2 rings (SSSR count). The van der Waals surface area contributed by atoms with Gasteiger partial charge in [-0.2, -0.15) is 0 Å². The van der Waals surface area contributed by atoms with Crippen LogP contribution < -0.4 is 10.1 Å². The van der Waals surface area contributed by atoms with Crippen LogP contribution in [0.1, 0.15) is 20.7 Å². The van der Waals surface area contributed by atoms with Crippen molar-refractivity contribution in [2.75, 3.05) is 12.4 Å². The molecule has 1 heterocycles. The number of ether oxygens (including phenoxy) is 1. The van der Waals surface area contributed by atoms with Gasteiger partial charge in [-0.25, -0.2) is 4.79 Å². The lowest BCUT2D eigenvalue weighted by molar-refractivity contribution is 0.0693. The van der Waals surface area contributed by atoms with E-state index >= 15 is 0 Å². The Balaban J connectivity index is 2.24. The molecule has 0 unspecified atom stereocenters. The average molecular weight is 340 g/mol. The smallest absolute Gasteiger partial charge is 0.339 e. The Bertz CT molecular complexity index is 665. The number of amides is 1. The van der Waals surface area contributed by atoms with Crippen molar-refractivity contribution in [2.24, 2.45) is 0 Å². The highest BCUT2D eigenvalue weighted by Gasteiger charge is 2.15. The van der Waals surface area contributed by atoms with Gasteiger partial charge in [0.1, 0.15) is 11.3 Å². The zero-order chi connectivity index (χ0) is 14.7. The molecule has 20 heavy (non-hydrogen) atoms. The molecule has 0 bridgehead atoms. The highest BCUT2D eigenvalue weighted by atomic mass is 79.9. The standard InChI is InChI=1S/C13H10BrNO5/c1-19-10-6-7(2-3-8(10)13(17)18)15-12(16)9-4-5-20-11(9)14/h2-6H,1H3,(H,15,16)(H,17,18). The number of carbonyl (C=O) groups is 2. The van der Waals surface area contributed by atoms with Crippen molar-refractivity contribution < 1.29 is 23.8 Å². The number of carboxylic acids is 1. The van der Waals surface area contributed by atoms with Gasteiger partial charge in [0.15, 0.2) is 4.67 Å². The molecule has 2 N–H and O–H groups in total. The fourth-order valence-electron chi connectivity index (χ4n) is 1.60. The molecule has 1 amide bonds. The zero-order valence-corrected chi connectivity index (χ0v) is 11.9. The number of furan rings is 1. The number of carboxylic acid groups (broad SMARTS) is 1. The van der Waals surface area contributed by atoms with Crippen LogP contribution in [-0.2, 0) is 0 Å². The molecule has 0 atom stereocenters. The van der Waals surface area contributed by atoms with Crippen LogP contribution >= 0.6 is 15.9 Å². The van der Waals surface area contributed by atoms with E-state index in [1.807, 2.05) is 0 Å². The van der Waals surface area contributed by atoms with Crippen molar-refractivity contribution in [3.05, 3.63) is 46.3 Å². The molecule has 1 aromatic heterocycles. The molecule has 0 radical (unpaired) electrons. The summed E-state index contributed by atoms with van der Waals surface area (Å²) >= 11 is 3.11. The Labute approximate surface area is 122 Å². The van der Waals surface area contributed by atoms with Crippen LogP contribution in [0.2, 0.25) is 0 Å². The summed E-state index contributed by atoms with van der Waals surface area (Å²) in [5.41, 5.74) is 0.784. The third kappa shape index (κ3) is 2.83. The molecule has 2 aromatic rings. The fourth-order valence-corrected chi connectivity index (χ4v) is 2.02. The Kier molecular flexibility index (Phi) is 4.09. The molecule has 104 valence electrons. The van der Waals surface area contributed by atoms with Crippen LogP contribution in [0.3, 0.4) is 0 Å². The minimum atomic E-state index is -1.10. The normalized spacial score (nSPS) is 10.1. The highest BCUT2D eigenvalue weighted by molar-refractivity contribution is 9.10. The number of anilines is 1. The van der Waals surface area contributed by atoms with Crippen LogP contribution in [0.4, 0.5) is 5.69 Å². The van der Waals surface area contributed by atoms with Crippen molar-refractivity contribution in [1.82, 2.24) is 0 Å². The van der Waals surface area contributed by atoms with Crippen LogP contribution in [0.5, 0.6) is 5.75 Å². The van der Waals surface area contributed by atoms with Gasteiger partial charge in [-0.3, -0.25) is 4.79 Å². The van der Waals surface area contributed by atoms with E-state index in [0.29, 0.717) is 15.9 Å². The third-order valence-electron chi connectivity index (χ3n) is 2.55. The first-order valence-corrected chi connectivity index (χ1v) is 6.28. The Morgan fingerprint density at radius 3 is 2.60 bits per heavy atom. The summed E-state index contributed by atoms with van der Waals surface area (Å²) in [5, 5.41) is 11.6. The first kappa shape index (κ1) is 14.1. The molecule has 0 spiro atoms. The fraction of sp³-hybridized carbons (Fsp3) is 0.0769. The minimum Gasteiger partial charge on any atom is -0.496 e. The number of carbonyl (C=O) groups excluding carboxylic acids is 1. The van der Waals surface area contributed by atoms with Gasteiger partial charge >= 0.3 is 5.97 Å². The van der Waals surface area contributed by atoms with Crippen LogP contribution in [0.25, 0.3) is 0 Å². The van der Waals surface area contributed by atoms with E-state index < -0.39 is 5.97 Å². The second-order valence-electron chi connectivity index (χ2n) is 3.78. The van der Waals surface area contributed by atoms with Gasteiger partial charge in [-0.05, 0) is 34.1 Å². The van der Waals surface area contributed by atoms with Crippen LogP contribution in [-0.4, -0.2) is 24.1 Å². The van der Waals surface area contributed by atoms with Crippen LogP contribution in [0.15, 0.2) is 39.6 Å². The van der Waals surface area contributed by atoms with Gasteiger partial charge in [-0.15, -0.1) is 0 Å². The average Bonchev–Trinajstić information content (AvgIpc) is 2.84. The van der Waals surface area contributed by atoms with Crippen molar-refractivity contribution >= 4 is 33.5 Å². The van der Waals surface area contributed by atoms with E-state index in [0.717, 1.165) is 0 Å². The third-order valence-corrected chi connectivity index (χ3v) is 3.17. The summed E-state index contributed by atoms with van der Waals surface area (Å²) in [6.07, 6.45) is 1.38. The summed E-state index contributed by atoms with van der Waals surface area (Å²) < 4.78 is 10.3. The second-order valence-corrected chi connectivity index (χ2v) is 4.50. The molecular formula is C13H10BrNO5. The molecule has 0 saturated heterocycles. The van der Waals surface area contributed by atoms with Crippen molar-refractivity contribution in [1.29, 1.82) is 0 Å². The summed E-state index contributed by atoms with van der Waals surface area (Å²) in [7, 11) is 1.36. The summed E-state index contributed by atoms with van der Waals surface area (Å²) in [4.78, 5) is 22.9. The van der Waals surface area contributed by atoms with E-state index in [4.69, 9.17) is 14.3 Å². The maximum Gasteiger partial charge on any atom is 0.339 e. The van der Waals surface area contributed by atoms with E-state index in [1.54, 1.807) is 0 Å². The van der Waals surface area contributed by atoms with E-state index in [1.165, 1.54) is 37.6 Å². The first-order chi connectivity index (χ1) is 9.52. The van der Waals surface area contributed by atoms with Crippen molar-refractivity contribution in [3.63, 3.8) is 0 Å². The number of hydrogen-bond donors (Lipinski definition) is 2. The maximum absolute atomic E-state index is 12.0. The van der Waals surface area contributed by atoms with Gasteiger partial charge in [0.25, 0.3) is 5.91 Å². The predicted molar refractivity (Wildman–Crippen MR) is 74.3 cm³/mol. The number of methoxy groups -OCH3 is 1. The van der Waals surface area contributed by atoms with E-state index in [-0.39, 0.29) is 17.2 Å². The second kappa shape index (κ2) is 5.79. The lowest BCUT2D eigenvalue weighted by Crippen LogP contribution is -2.12. The number of hydrogen-bond acceptors (Lipinski definition) is 4. The maximum atomic E-state index is 12.0. The van der Waals surface area contributed by atoms with Crippen LogP contribution in [0, 0.1) is 0 Å². The van der Waals surface area contributed by atoms with Crippen molar-refractivity contribution in [3.8, 4) is 5.75 Å². The zero-order valence-electron chi connectivity index (χ0n) is 10.3. The quantitative estimate of drug-likeness (QED) is 0.893. The number of aromatic carboxylic acids is 1. The van der Waals surface area contributed by atoms with E-state index in [9.17, 15) is 9.59 Å². The lowest BCUT2D eigenvalue weighted by Gasteiger charge is -2.08. The number of benzene rings is 1. The number of halogens is 1. The number of nitrogens with one attached hydrogen (secondary N) is 1. The molecule has 6 nitrogen and oxygen atoms in total. The minimum absolute atomic E-state index is 0.0231. The molecule has 1 aromatic carbocycles. The van der Waals surface area contributed by atoms with Gasteiger partial charge in [0, 0.05) is 11.8 Å². The monoisotopic (exact) mass is 339 g/mol. The van der Waals surface area contributed by atoms with Gasteiger partial charge in [0.05, 0.1) is 18.9 Å². The Morgan fingerprint density at radius 2 is 2.05 bits per heavy atom. The molecular weight excluding hydrogens is 330 g/mol. The molecule has 0 aliphatic rings. The highest BCUT2D eigenvalue weighted by Crippen LogP contribution is 2.24. The summed E-state index contributed by atoms with van der Waals surface area (Å²) in [6.45, 7) is 0. The number of rotatable bonds is 4. The molecule has 0 aliphatic carbocycles. The van der Waals surface area contributed by atoms with E-state index in [2.05, 4.69) is 21.2 Å². The van der Waals surface area contributed by atoms with Gasteiger partial charge < -0.3 is 19.6 Å². The molecule has 0 saturated carbocycles. The predicted octanol–water partition coefficient (Wildman–Crippen LogP) is 3.00. The topological polar surface area (TPSA) is 88.8 Å². The largest absolute Gasteiger partial charge is 0.496 e. The Hall–Kier alpha value is -2.28. The summed E-state index contributed by atoms with van der Waals surface area (Å²) in [5.74, 6) is -1.31. The molecule has 0 fully saturated rings. The Morgan fingerprint density at radius 1 is 1.30 bits per heavy atom. The molecule has 0 aliphatic heterocycles. The SMILES string of the molecule is COc1cc(NC(=O)c2ccoc2Br)ccc1C(=O)O. The molecule has 7 heteroatoms. The first-order valence-electron chi connectivity index (χ1n) is 5.48. The van der Waals surface area contributed by atoms with Gasteiger partial charge in [-0.1, -0.05) is 0 Å². The van der Waals surface area contributed by atoms with Crippen molar-refractivity contribution in [2.45, 2.75) is 0 Å².